The fourth-order valence-electron chi connectivity index (χ4n) is 1.40. The second-order valence-electron chi connectivity index (χ2n) is 3.19. The van der Waals surface area contributed by atoms with Crippen molar-refractivity contribution in [2.24, 2.45) is 0 Å². The van der Waals surface area contributed by atoms with Crippen LogP contribution in [0.5, 0.6) is 0 Å². The Labute approximate surface area is 97.9 Å². The van der Waals surface area contributed by atoms with Crippen LogP contribution in [0.15, 0.2) is 24.3 Å². The van der Waals surface area contributed by atoms with Crippen molar-refractivity contribution in [1.82, 2.24) is 0 Å². The van der Waals surface area contributed by atoms with Crippen LogP contribution in [-0.2, 0) is 0 Å². The molecule has 1 aromatic heterocycles. The van der Waals surface area contributed by atoms with Gasteiger partial charge < -0.3 is 5.11 Å². The summed E-state index contributed by atoms with van der Waals surface area (Å²) >= 11 is 0.659. The molecule has 6 heteroatoms. The normalized spacial score (nSPS) is 10.5. The second-order valence-corrected chi connectivity index (χ2v) is 4.23. The van der Waals surface area contributed by atoms with Crippen molar-refractivity contribution >= 4 is 17.3 Å². The van der Waals surface area contributed by atoms with E-state index in [1.165, 1.54) is 6.07 Å². The van der Waals surface area contributed by atoms with E-state index in [9.17, 15) is 18.0 Å². The number of aromatic carboxylic acids is 1. The summed E-state index contributed by atoms with van der Waals surface area (Å²) in [7, 11) is 0. The highest BCUT2D eigenvalue weighted by molar-refractivity contribution is 7.13. The highest BCUT2D eigenvalue weighted by Gasteiger charge is 2.21. The zero-order valence-corrected chi connectivity index (χ0v) is 9.02. The van der Waals surface area contributed by atoms with E-state index < -0.39 is 28.3 Å². The van der Waals surface area contributed by atoms with Crippen molar-refractivity contribution in [3.63, 3.8) is 0 Å². The first-order chi connectivity index (χ1) is 8.00. The third-order valence-corrected chi connectivity index (χ3v) is 3.05. The Hall–Kier alpha value is -1.82. The molecule has 2 rings (SSSR count). The number of carbonyl (C=O) groups is 1. The number of thiophene rings is 1. The van der Waals surface area contributed by atoms with E-state index in [1.54, 1.807) is 0 Å². The Morgan fingerprint density at radius 2 is 1.82 bits per heavy atom. The summed E-state index contributed by atoms with van der Waals surface area (Å²) in [4.78, 5) is 10.9. The van der Waals surface area contributed by atoms with Gasteiger partial charge in [0.2, 0.25) is 0 Å². The fraction of sp³-hybridized carbons (Fsp3) is 0. The van der Waals surface area contributed by atoms with Gasteiger partial charge in [0.15, 0.2) is 5.13 Å². The Morgan fingerprint density at radius 3 is 2.35 bits per heavy atom. The van der Waals surface area contributed by atoms with Crippen LogP contribution in [0, 0.1) is 16.8 Å². The molecule has 0 saturated carbocycles. The average molecular weight is 258 g/mol. The number of hydrogen-bond acceptors (Lipinski definition) is 2. The van der Waals surface area contributed by atoms with Crippen LogP contribution in [-0.4, -0.2) is 11.1 Å². The summed E-state index contributed by atoms with van der Waals surface area (Å²) in [5, 5.41) is 8.15. The maximum Gasteiger partial charge on any atom is 0.341 e. The Balaban J connectivity index is 2.65. The van der Waals surface area contributed by atoms with Crippen molar-refractivity contribution in [2.75, 3.05) is 0 Å². The van der Waals surface area contributed by atoms with E-state index in [0.717, 1.165) is 18.2 Å². The SMILES string of the molecule is O=C(O)c1c(F)ccc(-c2ccc(F)s2)c1F. The van der Waals surface area contributed by atoms with Crippen molar-refractivity contribution in [2.45, 2.75) is 0 Å². The molecule has 0 spiro atoms. The highest BCUT2D eigenvalue weighted by atomic mass is 32.1. The molecular formula is C11H5F3O2S. The summed E-state index contributed by atoms with van der Waals surface area (Å²) in [6.07, 6.45) is 0. The van der Waals surface area contributed by atoms with Crippen molar-refractivity contribution in [3.05, 3.63) is 46.6 Å². The zero-order valence-electron chi connectivity index (χ0n) is 8.21. The minimum absolute atomic E-state index is 0.127. The number of benzene rings is 1. The molecule has 1 N–H and O–H groups in total. The summed E-state index contributed by atoms with van der Waals surface area (Å²) in [6.45, 7) is 0. The lowest BCUT2D eigenvalue weighted by Crippen LogP contribution is -2.05. The molecule has 0 amide bonds. The zero-order chi connectivity index (χ0) is 12.6. The minimum Gasteiger partial charge on any atom is -0.477 e. The first-order valence-electron chi connectivity index (χ1n) is 4.47. The molecule has 2 aromatic rings. The lowest BCUT2D eigenvalue weighted by molar-refractivity contribution is 0.0686. The highest BCUT2D eigenvalue weighted by Crippen LogP contribution is 2.31. The lowest BCUT2D eigenvalue weighted by atomic mass is 10.1. The third kappa shape index (κ3) is 2.03. The number of carboxylic acid groups (broad SMARTS) is 1. The fourth-order valence-corrected chi connectivity index (χ4v) is 2.15. The quantitative estimate of drug-likeness (QED) is 0.894. The minimum atomic E-state index is -1.70. The molecule has 0 aliphatic heterocycles. The number of carboxylic acids is 1. The molecular weight excluding hydrogens is 253 g/mol. The first-order valence-corrected chi connectivity index (χ1v) is 5.29. The van der Waals surface area contributed by atoms with Crippen LogP contribution < -0.4 is 0 Å². The predicted molar refractivity (Wildman–Crippen MR) is 56.6 cm³/mol. The van der Waals surface area contributed by atoms with Crippen LogP contribution in [0.2, 0.25) is 0 Å². The van der Waals surface area contributed by atoms with Gasteiger partial charge >= 0.3 is 5.97 Å². The van der Waals surface area contributed by atoms with Gasteiger partial charge in [-0.15, -0.1) is 11.3 Å². The van der Waals surface area contributed by atoms with Gasteiger partial charge in [0.05, 0.1) is 0 Å². The van der Waals surface area contributed by atoms with Crippen LogP contribution in [0.3, 0.4) is 0 Å². The molecule has 0 fully saturated rings. The summed E-state index contributed by atoms with van der Waals surface area (Å²) in [5.41, 5.74) is -1.16. The van der Waals surface area contributed by atoms with Gasteiger partial charge in [-0.05, 0) is 24.3 Å². The van der Waals surface area contributed by atoms with Crippen molar-refractivity contribution in [1.29, 1.82) is 0 Å². The largest absolute Gasteiger partial charge is 0.477 e. The summed E-state index contributed by atoms with van der Waals surface area (Å²) < 4.78 is 39.6. The van der Waals surface area contributed by atoms with Gasteiger partial charge in [0, 0.05) is 10.4 Å². The molecule has 1 heterocycles. The lowest BCUT2D eigenvalue weighted by Gasteiger charge is -2.04. The van der Waals surface area contributed by atoms with Crippen LogP contribution in [0.1, 0.15) is 10.4 Å². The van der Waals surface area contributed by atoms with Gasteiger partial charge in [0.25, 0.3) is 0 Å². The molecule has 88 valence electrons. The monoisotopic (exact) mass is 258 g/mol. The van der Waals surface area contributed by atoms with Crippen LogP contribution in [0.4, 0.5) is 13.2 Å². The van der Waals surface area contributed by atoms with Crippen molar-refractivity contribution < 1.29 is 23.1 Å². The van der Waals surface area contributed by atoms with E-state index in [4.69, 9.17) is 5.11 Å². The summed E-state index contributed by atoms with van der Waals surface area (Å²) in [5.74, 6) is -4.05. The molecule has 0 aliphatic rings. The second kappa shape index (κ2) is 4.21. The van der Waals surface area contributed by atoms with E-state index in [-0.39, 0.29) is 10.4 Å². The smallest absolute Gasteiger partial charge is 0.341 e. The number of halogens is 3. The van der Waals surface area contributed by atoms with Gasteiger partial charge in [-0.3, -0.25) is 0 Å². The molecule has 1 aromatic carbocycles. The molecule has 0 unspecified atom stereocenters. The summed E-state index contributed by atoms with van der Waals surface area (Å²) in [6, 6.07) is 4.37. The molecule has 0 bridgehead atoms. The Morgan fingerprint density at radius 1 is 1.12 bits per heavy atom. The van der Waals surface area contributed by atoms with Crippen LogP contribution in [0.25, 0.3) is 10.4 Å². The standard InChI is InChI=1S/C11H5F3O2S/c12-6-2-1-5(7-3-4-8(13)17-7)10(14)9(6)11(15)16/h1-4H,(H,15,16). The Bertz CT molecular complexity index is 592. The van der Waals surface area contributed by atoms with E-state index in [0.29, 0.717) is 11.3 Å². The first kappa shape index (κ1) is 11.7. The molecule has 0 aliphatic carbocycles. The van der Waals surface area contributed by atoms with E-state index >= 15 is 0 Å². The third-order valence-electron chi connectivity index (χ3n) is 2.14. The van der Waals surface area contributed by atoms with E-state index in [1.807, 2.05) is 0 Å². The van der Waals surface area contributed by atoms with Crippen molar-refractivity contribution in [3.8, 4) is 10.4 Å². The number of hydrogen-bond donors (Lipinski definition) is 1. The number of rotatable bonds is 2. The molecule has 17 heavy (non-hydrogen) atoms. The maximum atomic E-state index is 13.7. The van der Waals surface area contributed by atoms with Gasteiger partial charge in [-0.25, -0.2) is 13.6 Å². The maximum absolute atomic E-state index is 13.7. The molecule has 0 saturated heterocycles. The predicted octanol–water partition coefficient (Wildman–Crippen LogP) is 3.53. The van der Waals surface area contributed by atoms with Gasteiger partial charge in [0.1, 0.15) is 17.2 Å². The topological polar surface area (TPSA) is 37.3 Å². The Kier molecular flexibility index (Phi) is 2.89. The average Bonchev–Trinajstić information content (AvgIpc) is 2.64. The molecule has 0 radical (unpaired) electrons. The molecule has 0 atom stereocenters. The molecule has 2 nitrogen and oxygen atoms in total. The van der Waals surface area contributed by atoms with E-state index in [2.05, 4.69) is 0 Å². The van der Waals surface area contributed by atoms with Gasteiger partial charge in [-0.1, -0.05) is 0 Å². The van der Waals surface area contributed by atoms with Gasteiger partial charge in [-0.2, -0.15) is 4.39 Å². The van der Waals surface area contributed by atoms with Crippen LogP contribution >= 0.6 is 11.3 Å².